The first-order valence-corrected chi connectivity index (χ1v) is 19.5. The Morgan fingerprint density at radius 3 is 2.36 bits per heavy atom. The van der Waals surface area contributed by atoms with Crippen LogP contribution in [0.4, 0.5) is 4.79 Å². The van der Waals surface area contributed by atoms with Crippen molar-refractivity contribution < 1.29 is 46.8 Å². The van der Waals surface area contributed by atoms with Crippen LogP contribution in [0.2, 0.25) is 0 Å². The first-order chi connectivity index (χ1) is 22.2. The van der Waals surface area contributed by atoms with Gasteiger partial charge in [-0.2, -0.15) is 4.31 Å². The summed E-state index contributed by atoms with van der Waals surface area (Å²) in [6, 6.07) is 13.7. The van der Waals surface area contributed by atoms with Gasteiger partial charge in [0.1, 0.15) is 11.9 Å². The quantitative estimate of drug-likeness (QED) is 0.179. The molecule has 2 aromatic rings. The number of fused-ring (bicyclic) bond motifs is 1. The summed E-state index contributed by atoms with van der Waals surface area (Å²) in [6.07, 6.45) is 0.106. The van der Waals surface area contributed by atoms with Gasteiger partial charge >= 0.3 is 126 Å². The molecule has 264 valence electrons. The number of methoxy groups -OCH3 is 1. The Balaban J connectivity index is 1.46. The van der Waals surface area contributed by atoms with Crippen molar-refractivity contribution in [3.63, 3.8) is 0 Å². The van der Waals surface area contributed by atoms with Gasteiger partial charge in [-0.15, -0.1) is 0 Å². The Morgan fingerprint density at radius 2 is 1.72 bits per heavy atom. The van der Waals surface area contributed by atoms with Gasteiger partial charge in [-0.05, 0) is 36.6 Å². The molecule has 0 saturated carbocycles. The van der Waals surface area contributed by atoms with E-state index in [2.05, 4.69) is 5.32 Å². The molecule has 0 aliphatic carbocycles. The van der Waals surface area contributed by atoms with Crippen molar-refractivity contribution in [2.24, 2.45) is 11.8 Å². The first kappa shape index (κ1) is 37.4. The van der Waals surface area contributed by atoms with E-state index in [1.54, 1.807) is 12.1 Å². The maximum absolute atomic E-state index is 13.7. The second-order valence-corrected chi connectivity index (χ2v) is 16.8. The van der Waals surface area contributed by atoms with Crippen molar-refractivity contribution in [3.8, 4) is 5.75 Å². The smallest absolute Gasteiger partial charge is 0.443 e. The summed E-state index contributed by atoms with van der Waals surface area (Å²) in [7, 11) is -4.57. The van der Waals surface area contributed by atoms with E-state index in [-0.39, 0.29) is 42.3 Å². The molecule has 0 unspecified atom stereocenters. The van der Waals surface area contributed by atoms with E-state index >= 15 is 0 Å². The number of carbonyl (C=O) groups excluding carboxylic acids is 1. The molecule has 15 heteroatoms. The summed E-state index contributed by atoms with van der Waals surface area (Å²) in [5.74, 6) is 0.624. The van der Waals surface area contributed by atoms with Gasteiger partial charge < -0.3 is 18.9 Å². The van der Waals surface area contributed by atoms with Crippen LogP contribution in [-0.4, -0.2) is 110 Å². The second kappa shape index (κ2) is 16.8. The topological polar surface area (TPSA) is 167 Å². The molecule has 2 saturated heterocycles. The van der Waals surface area contributed by atoms with Crippen LogP contribution in [0.5, 0.6) is 5.75 Å². The van der Waals surface area contributed by atoms with Gasteiger partial charge in [0, 0.05) is 6.54 Å². The molecule has 13 nitrogen and oxygen atoms in total. The van der Waals surface area contributed by atoms with Gasteiger partial charge in [0.25, 0.3) is 0 Å². The van der Waals surface area contributed by atoms with E-state index in [9.17, 15) is 27.9 Å². The van der Waals surface area contributed by atoms with Crippen molar-refractivity contribution in [1.82, 2.24) is 14.5 Å². The molecule has 4 rings (SSSR count). The molecule has 2 heterocycles. The molecule has 0 radical (unpaired) electrons. The van der Waals surface area contributed by atoms with Gasteiger partial charge in [0.15, 0.2) is 6.29 Å². The van der Waals surface area contributed by atoms with Crippen molar-refractivity contribution in [2.45, 2.75) is 63.0 Å². The third kappa shape index (κ3) is 11.3. The fourth-order valence-electron chi connectivity index (χ4n) is 5.82. The van der Waals surface area contributed by atoms with Crippen molar-refractivity contribution >= 4 is 24.1 Å². The van der Waals surface area contributed by atoms with Gasteiger partial charge in [0.05, 0.1) is 31.1 Å². The van der Waals surface area contributed by atoms with Gasteiger partial charge in [-0.3, -0.25) is 0 Å². The Kier molecular flexibility index (Phi) is 13.4. The number of hydrogen-bond donors (Lipinski definition) is 4. The molecular formula is C32H50N3O10PS. The predicted molar refractivity (Wildman–Crippen MR) is 179 cm³/mol. The molecule has 2 aliphatic rings. The van der Waals surface area contributed by atoms with Crippen LogP contribution in [-0.2, 0) is 37.2 Å². The number of nitrogens with one attached hydrogen (secondary N) is 1. The minimum atomic E-state index is -4.10. The Bertz CT molecular complexity index is 1390. The zero-order valence-corrected chi connectivity index (χ0v) is 29.4. The summed E-state index contributed by atoms with van der Waals surface area (Å²) in [4.78, 5) is 43.2. The summed E-state index contributed by atoms with van der Waals surface area (Å²) < 4.78 is 51.1. The molecule has 47 heavy (non-hydrogen) atoms. The zero-order valence-electron chi connectivity index (χ0n) is 27.6. The predicted octanol–water partition coefficient (Wildman–Crippen LogP) is 2.73. The molecule has 0 spiro atoms. The number of sulfonamides is 1. The van der Waals surface area contributed by atoms with Crippen LogP contribution in [0.1, 0.15) is 37.8 Å². The third-order valence-electron chi connectivity index (χ3n) is 8.35. The summed E-state index contributed by atoms with van der Waals surface area (Å²) in [6.45, 7) is 6.11. The number of hydrogen-bond acceptors (Lipinski definition) is 11. The minimum Gasteiger partial charge on any atom is -0.443 e. The standard InChI is InChI=1S/C32H50N3O10PS/c1-23(2)20-35(47(40,41)28-11-9-27(42-4)10-12-28)15-13-26(33-32(36)45-30-22-44-31-29(30)14-17-43-31)19-24-5-7-25(8-6-24)21-34(3)16-18-46(37,38)39/h5-12,23,26,29-31,37-39,46H,13-22H2,1-4H3,(H,33,36)/t26-,29+,30+,31-/m1/s1. The SMILES string of the molecule is COc1ccc(S(=O)(=O)N(CC[C@H](Cc2ccc(CN(C)CC[PH](O)(O)O)cc2)NC(=O)O[C@H]2CO[C@H]3OCC[C@H]32)CC(C)C)cc1. The average Bonchev–Trinajstić information content (AvgIpc) is 3.64. The van der Waals surface area contributed by atoms with E-state index in [1.807, 2.05) is 50.1 Å². The Morgan fingerprint density at radius 1 is 1.04 bits per heavy atom. The number of rotatable bonds is 17. The van der Waals surface area contributed by atoms with Crippen molar-refractivity contribution in [2.75, 3.05) is 53.2 Å². The van der Waals surface area contributed by atoms with Crippen LogP contribution in [0.25, 0.3) is 0 Å². The monoisotopic (exact) mass is 699 g/mol. The molecule has 2 fully saturated rings. The molecule has 2 aromatic carbocycles. The normalized spacial score (nSPS) is 20.9. The molecule has 4 atom stereocenters. The van der Waals surface area contributed by atoms with Gasteiger partial charge in [0.2, 0.25) is 10.0 Å². The Hall–Kier alpha value is -2.39. The summed E-state index contributed by atoms with van der Waals surface area (Å²) >= 11 is 0. The Labute approximate surface area is 278 Å². The van der Waals surface area contributed by atoms with E-state index < -0.39 is 36.2 Å². The van der Waals surface area contributed by atoms with E-state index in [1.165, 1.54) is 23.5 Å². The number of alkyl carbamates (subject to hydrolysis) is 1. The molecular weight excluding hydrogens is 649 g/mol. The van der Waals surface area contributed by atoms with Crippen LogP contribution in [0, 0.1) is 11.8 Å². The van der Waals surface area contributed by atoms with Gasteiger partial charge in [-0.25, -0.2) is 13.2 Å². The maximum atomic E-state index is 13.7. The minimum absolute atomic E-state index is 0.00746. The van der Waals surface area contributed by atoms with Crippen molar-refractivity contribution in [1.29, 1.82) is 0 Å². The average molecular weight is 700 g/mol. The fourth-order valence-corrected chi connectivity index (χ4v) is 8.12. The zero-order chi connectivity index (χ0) is 34.2. The number of benzene rings is 2. The fraction of sp³-hybridized carbons (Fsp3) is 0.594. The van der Waals surface area contributed by atoms with Crippen LogP contribution in [0.15, 0.2) is 53.4 Å². The molecule has 1 amide bonds. The third-order valence-corrected chi connectivity index (χ3v) is 11.1. The first-order valence-electron chi connectivity index (χ1n) is 16.0. The van der Waals surface area contributed by atoms with Crippen LogP contribution >= 0.6 is 7.94 Å². The van der Waals surface area contributed by atoms with E-state index in [0.29, 0.717) is 44.8 Å². The van der Waals surface area contributed by atoms with Crippen LogP contribution in [0.3, 0.4) is 0 Å². The van der Waals surface area contributed by atoms with E-state index in [0.717, 1.165) is 17.5 Å². The van der Waals surface area contributed by atoms with E-state index in [4.69, 9.17) is 18.9 Å². The number of amides is 1. The molecule has 4 N–H and O–H groups in total. The molecule has 2 aliphatic heterocycles. The van der Waals surface area contributed by atoms with Crippen LogP contribution < -0.4 is 10.1 Å². The van der Waals surface area contributed by atoms with Gasteiger partial charge in [-0.1, -0.05) is 13.8 Å². The number of carbonyl (C=O) groups is 1. The molecule has 0 bridgehead atoms. The molecule has 0 aromatic heterocycles. The number of ether oxygens (including phenoxy) is 4. The summed E-state index contributed by atoms with van der Waals surface area (Å²) in [5, 5.41) is 2.99. The second-order valence-electron chi connectivity index (χ2n) is 12.8. The van der Waals surface area contributed by atoms with Crippen molar-refractivity contribution in [3.05, 3.63) is 59.7 Å². The number of nitrogens with zero attached hydrogens (tertiary/aromatic N) is 2. The summed E-state index contributed by atoms with van der Waals surface area (Å²) in [5.41, 5.74) is 1.93.